The van der Waals surface area contributed by atoms with Crippen molar-refractivity contribution in [2.45, 2.75) is 39.2 Å². The molecule has 0 aromatic heterocycles. The van der Waals surface area contributed by atoms with Gasteiger partial charge in [-0.3, -0.25) is 9.59 Å². The molecule has 1 aliphatic heterocycles. The Morgan fingerprint density at radius 2 is 1.68 bits per heavy atom. The van der Waals surface area contributed by atoms with E-state index in [0.717, 1.165) is 0 Å². The van der Waals surface area contributed by atoms with Gasteiger partial charge in [0.25, 0.3) is 0 Å². The van der Waals surface area contributed by atoms with Gasteiger partial charge in [-0.2, -0.15) is 0 Å². The van der Waals surface area contributed by atoms with Crippen LogP contribution in [0.1, 0.15) is 43.5 Å². The Kier molecular flexibility index (Phi) is 6.21. The lowest BCUT2D eigenvalue weighted by atomic mass is 9.88. The fraction of sp³-hybridized carbons (Fsp3) is 0.556. The maximum Gasteiger partial charge on any atom is 0.239 e. The van der Waals surface area contributed by atoms with Gasteiger partial charge in [0.2, 0.25) is 5.91 Å². The van der Waals surface area contributed by atoms with E-state index in [1.165, 1.54) is 0 Å². The number of hydrogen-bond donors (Lipinski definition) is 1. The van der Waals surface area contributed by atoms with Gasteiger partial charge >= 0.3 is 0 Å². The predicted molar refractivity (Wildman–Crippen MR) is 87.4 cm³/mol. The molecule has 1 aliphatic rings. The highest BCUT2D eigenvalue weighted by atomic mass is 19.1. The quantitative estimate of drug-likeness (QED) is 0.825. The molecule has 1 heterocycles. The molecule has 0 radical (unpaired) electrons. The fourth-order valence-electron chi connectivity index (χ4n) is 3.19. The molecular formula is C18H23F3N2O2. The van der Waals surface area contributed by atoms with Crippen molar-refractivity contribution < 1.29 is 22.8 Å². The van der Waals surface area contributed by atoms with E-state index in [4.69, 9.17) is 5.73 Å². The molecule has 2 N–H and O–H groups in total. The first kappa shape index (κ1) is 19.4. The van der Waals surface area contributed by atoms with E-state index in [9.17, 15) is 22.8 Å². The summed E-state index contributed by atoms with van der Waals surface area (Å²) >= 11 is 0. The summed E-state index contributed by atoms with van der Waals surface area (Å²) in [7, 11) is 0. The molecular weight excluding hydrogens is 333 g/mol. The molecule has 25 heavy (non-hydrogen) atoms. The van der Waals surface area contributed by atoms with Gasteiger partial charge in [-0.05, 0) is 25.2 Å². The number of amides is 1. The summed E-state index contributed by atoms with van der Waals surface area (Å²) < 4.78 is 40.5. The molecule has 0 saturated carbocycles. The predicted octanol–water partition coefficient (Wildman–Crippen LogP) is 2.90. The Morgan fingerprint density at radius 1 is 1.16 bits per heavy atom. The molecule has 138 valence electrons. The number of ketones is 1. The van der Waals surface area contributed by atoms with Crippen LogP contribution in [0.25, 0.3) is 0 Å². The van der Waals surface area contributed by atoms with Crippen LogP contribution in [-0.2, 0) is 4.79 Å². The number of nitrogens with two attached hydrogens (primary N) is 1. The fourth-order valence-corrected chi connectivity index (χ4v) is 3.19. The van der Waals surface area contributed by atoms with Crippen LogP contribution in [0.5, 0.6) is 0 Å². The van der Waals surface area contributed by atoms with Crippen LogP contribution in [0, 0.1) is 29.3 Å². The molecule has 1 saturated heterocycles. The minimum Gasteiger partial charge on any atom is -0.341 e. The van der Waals surface area contributed by atoms with Crippen molar-refractivity contribution in [3.05, 3.63) is 35.1 Å². The Balaban J connectivity index is 2.00. The molecule has 1 fully saturated rings. The average molecular weight is 356 g/mol. The number of benzene rings is 1. The van der Waals surface area contributed by atoms with E-state index in [-0.39, 0.29) is 5.91 Å². The van der Waals surface area contributed by atoms with Gasteiger partial charge in [0, 0.05) is 31.1 Å². The molecule has 4 nitrogen and oxygen atoms in total. The Hall–Kier alpha value is -1.89. The maximum atomic E-state index is 13.8. The Morgan fingerprint density at radius 3 is 2.16 bits per heavy atom. The van der Waals surface area contributed by atoms with Gasteiger partial charge < -0.3 is 10.6 Å². The molecule has 0 unspecified atom stereocenters. The minimum absolute atomic E-state index is 0.168. The number of halogens is 3. The van der Waals surface area contributed by atoms with Crippen molar-refractivity contribution in [3.8, 4) is 0 Å². The van der Waals surface area contributed by atoms with E-state index in [1.54, 1.807) is 4.90 Å². The number of Topliss-reactive ketones (excluding diaryl/α,β-unsaturated/α-hetero) is 1. The molecule has 1 aromatic rings. The molecule has 0 aliphatic carbocycles. The highest BCUT2D eigenvalue weighted by Crippen LogP contribution is 2.26. The third kappa shape index (κ3) is 4.60. The molecule has 0 bridgehead atoms. The van der Waals surface area contributed by atoms with Crippen molar-refractivity contribution in [3.63, 3.8) is 0 Å². The summed E-state index contributed by atoms with van der Waals surface area (Å²) in [6.45, 7) is 4.57. The van der Waals surface area contributed by atoms with Gasteiger partial charge in [-0.25, -0.2) is 13.2 Å². The molecule has 1 atom stereocenters. The number of carbonyl (C=O) groups is 2. The van der Waals surface area contributed by atoms with Crippen molar-refractivity contribution in [2.24, 2.45) is 17.6 Å². The summed E-state index contributed by atoms with van der Waals surface area (Å²) in [4.78, 5) is 26.2. The van der Waals surface area contributed by atoms with E-state index in [0.29, 0.717) is 50.4 Å². The zero-order chi connectivity index (χ0) is 18.7. The second-order valence-corrected chi connectivity index (χ2v) is 6.94. The lowest BCUT2D eigenvalue weighted by Crippen LogP contribution is -2.48. The van der Waals surface area contributed by atoms with Crippen LogP contribution in [-0.4, -0.2) is 35.7 Å². The molecule has 1 aromatic carbocycles. The van der Waals surface area contributed by atoms with Crippen molar-refractivity contribution in [2.75, 3.05) is 13.1 Å². The van der Waals surface area contributed by atoms with Gasteiger partial charge in [-0.1, -0.05) is 13.8 Å². The molecule has 7 heteroatoms. The first-order valence-electron chi connectivity index (χ1n) is 8.43. The number of rotatable bonds is 5. The van der Waals surface area contributed by atoms with Gasteiger partial charge in [0.05, 0.1) is 11.6 Å². The number of piperidine rings is 1. The van der Waals surface area contributed by atoms with Crippen LogP contribution in [0.2, 0.25) is 0 Å². The second kappa shape index (κ2) is 7.99. The van der Waals surface area contributed by atoms with Crippen LogP contribution >= 0.6 is 0 Å². The summed E-state index contributed by atoms with van der Waals surface area (Å²) in [5.74, 6) is -4.61. The number of hydrogen-bond acceptors (Lipinski definition) is 3. The van der Waals surface area contributed by atoms with E-state index in [1.807, 2.05) is 13.8 Å². The summed E-state index contributed by atoms with van der Waals surface area (Å²) in [5, 5.41) is 0. The van der Waals surface area contributed by atoms with Crippen molar-refractivity contribution in [1.82, 2.24) is 4.90 Å². The van der Waals surface area contributed by atoms with E-state index >= 15 is 0 Å². The lowest BCUT2D eigenvalue weighted by Gasteiger charge is -2.33. The van der Waals surface area contributed by atoms with Crippen LogP contribution in [0.3, 0.4) is 0 Å². The second-order valence-electron chi connectivity index (χ2n) is 6.94. The van der Waals surface area contributed by atoms with Gasteiger partial charge in [0.15, 0.2) is 5.78 Å². The standard InChI is InChI=1S/C18H23F3N2O2/c1-10(2)7-15(22)18(25)23-5-3-11(4-6-23)17(24)16-13(20)8-12(19)9-14(16)21/h8-11,15H,3-7,22H2,1-2H3/t15-/m0/s1. The van der Waals surface area contributed by atoms with Crippen molar-refractivity contribution >= 4 is 11.7 Å². The number of nitrogens with zero attached hydrogens (tertiary/aromatic N) is 1. The molecule has 1 amide bonds. The minimum atomic E-state index is -1.19. The third-order valence-electron chi connectivity index (χ3n) is 4.47. The first-order chi connectivity index (χ1) is 11.7. The number of likely N-dealkylation sites (tertiary alicyclic amines) is 1. The maximum absolute atomic E-state index is 13.8. The third-order valence-corrected chi connectivity index (χ3v) is 4.47. The van der Waals surface area contributed by atoms with Crippen molar-refractivity contribution in [1.29, 1.82) is 0 Å². The van der Waals surface area contributed by atoms with Crippen LogP contribution in [0.15, 0.2) is 12.1 Å². The zero-order valence-electron chi connectivity index (χ0n) is 14.4. The molecule has 0 spiro atoms. The van der Waals surface area contributed by atoms with Crippen LogP contribution in [0.4, 0.5) is 13.2 Å². The zero-order valence-corrected chi connectivity index (χ0v) is 14.4. The Labute approximate surface area is 145 Å². The SMILES string of the molecule is CC(C)C[C@H](N)C(=O)N1CCC(C(=O)c2c(F)cc(F)cc2F)CC1. The highest BCUT2D eigenvalue weighted by molar-refractivity contribution is 5.98. The lowest BCUT2D eigenvalue weighted by molar-refractivity contribution is -0.134. The highest BCUT2D eigenvalue weighted by Gasteiger charge is 2.32. The summed E-state index contributed by atoms with van der Waals surface area (Å²) in [5.41, 5.74) is 5.19. The van der Waals surface area contributed by atoms with Gasteiger partial charge in [0.1, 0.15) is 17.5 Å². The van der Waals surface area contributed by atoms with Gasteiger partial charge in [-0.15, -0.1) is 0 Å². The summed E-state index contributed by atoms with van der Waals surface area (Å²) in [6.07, 6.45) is 1.17. The van der Waals surface area contributed by atoms with E-state index in [2.05, 4.69) is 0 Å². The average Bonchev–Trinajstić information content (AvgIpc) is 2.52. The van der Waals surface area contributed by atoms with Crippen LogP contribution < -0.4 is 5.73 Å². The number of carbonyl (C=O) groups excluding carboxylic acids is 2. The monoisotopic (exact) mass is 356 g/mol. The smallest absolute Gasteiger partial charge is 0.239 e. The molecule has 2 rings (SSSR count). The topological polar surface area (TPSA) is 63.4 Å². The summed E-state index contributed by atoms with van der Waals surface area (Å²) in [6, 6.07) is 0.416. The first-order valence-corrected chi connectivity index (χ1v) is 8.43. The normalized spacial score (nSPS) is 17.0. The van der Waals surface area contributed by atoms with E-state index < -0.39 is 40.8 Å². The largest absolute Gasteiger partial charge is 0.341 e. The Bertz CT molecular complexity index is 633.